The molecule has 0 saturated heterocycles. The van der Waals surface area contributed by atoms with Crippen molar-refractivity contribution in [3.8, 4) is 5.75 Å². The lowest BCUT2D eigenvalue weighted by Gasteiger charge is -2.14. The van der Waals surface area contributed by atoms with Gasteiger partial charge >= 0.3 is 0 Å². The smallest absolute Gasteiger partial charge is 0.139 e. The molecule has 0 amide bonds. The highest BCUT2D eigenvalue weighted by atomic mass is 35.5. The lowest BCUT2D eigenvalue weighted by Crippen LogP contribution is -2.18. The molecule has 1 unspecified atom stereocenters. The summed E-state index contributed by atoms with van der Waals surface area (Å²) < 4.78 is 10.5. The Hall–Kier alpha value is -0.440. The average molecular weight is 235 g/mol. The molecule has 0 aromatic heterocycles. The average Bonchev–Trinajstić information content (AvgIpc) is 2.12. The van der Waals surface area contributed by atoms with Gasteiger partial charge < -0.3 is 9.47 Å². The molecule has 0 fully saturated rings. The van der Waals surface area contributed by atoms with Crippen LogP contribution in [0, 0.1) is 0 Å². The summed E-state index contributed by atoms with van der Waals surface area (Å²) in [5, 5.41) is 1.16. The van der Waals surface area contributed by atoms with E-state index in [0.717, 1.165) is 0 Å². The Morgan fingerprint density at radius 1 is 1.36 bits per heavy atom. The molecule has 1 aromatic rings. The van der Waals surface area contributed by atoms with Gasteiger partial charge in [0.25, 0.3) is 0 Å². The monoisotopic (exact) mass is 234 g/mol. The van der Waals surface area contributed by atoms with Gasteiger partial charge in [0.15, 0.2) is 0 Å². The van der Waals surface area contributed by atoms with Crippen LogP contribution in [0.25, 0.3) is 0 Å². The van der Waals surface area contributed by atoms with Gasteiger partial charge in [-0.1, -0.05) is 23.2 Å². The summed E-state index contributed by atoms with van der Waals surface area (Å²) in [7, 11) is 1.62. The number of ether oxygens (including phenoxy) is 2. The summed E-state index contributed by atoms with van der Waals surface area (Å²) in [6, 6.07) is 5.12. The van der Waals surface area contributed by atoms with E-state index in [1.165, 1.54) is 0 Å². The molecule has 0 heterocycles. The lowest BCUT2D eigenvalue weighted by molar-refractivity contribution is 0.0921. The van der Waals surface area contributed by atoms with Crippen LogP contribution in [0.15, 0.2) is 18.2 Å². The van der Waals surface area contributed by atoms with Crippen molar-refractivity contribution in [3.05, 3.63) is 28.2 Å². The predicted molar refractivity (Wildman–Crippen MR) is 58.4 cm³/mol. The van der Waals surface area contributed by atoms with Crippen molar-refractivity contribution in [2.75, 3.05) is 13.7 Å². The molecule has 0 bridgehead atoms. The first-order valence-electron chi connectivity index (χ1n) is 4.24. The highest BCUT2D eigenvalue weighted by Crippen LogP contribution is 2.28. The molecular weight excluding hydrogens is 223 g/mol. The van der Waals surface area contributed by atoms with E-state index in [1.54, 1.807) is 25.3 Å². The molecule has 2 nitrogen and oxygen atoms in total. The Bertz CT molecular complexity index is 302. The fourth-order valence-electron chi connectivity index (χ4n) is 1.05. The van der Waals surface area contributed by atoms with Crippen molar-refractivity contribution in [3.63, 3.8) is 0 Å². The number of benzene rings is 1. The molecule has 0 N–H and O–H groups in total. The summed E-state index contributed by atoms with van der Waals surface area (Å²) >= 11 is 11.7. The third-order valence-electron chi connectivity index (χ3n) is 1.62. The maximum Gasteiger partial charge on any atom is 0.139 e. The minimum absolute atomic E-state index is 0.0454. The number of hydrogen-bond donors (Lipinski definition) is 0. The minimum atomic E-state index is -0.0454. The van der Waals surface area contributed by atoms with Gasteiger partial charge in [-0.25, -0.2) is 0 Å². The van der Waals surface area contributed by atoms with E-state index < -0.39 is 0 Å². The molecule has 0 aliphatic heterocycles. The quantitative estimate of drug-likeness (QED) is 0.796. The molecule has 0 radical (unpaired) electrons. The molecule has 1 atom stereocenters. The molecule has 0 aliphatic rings. The van der Waals surface area contributed by atoms with E-state index in [-0.39, 0.29) is 6.10 Å². The third kappa shape index (κ3) is 3.37. The SMILES string of the molecule is COCC(C)Oc1cc(Cl)ccc1Cl. The fourth-order valence-corrected chi connectivity index (χ4v) is 1.38. The van der Waals surface area contributed by atoms with Crippen molar-refractivity contribution in [2.45, 2.75) is 13.0 Å². The molecule has 14 heavy (non-hydrogen) atoms. The highest BCUT2D eigenvalue weighted by molar-refractivity contribution is 6.34. The lowest BCUT2D eigenvalue weighted by atomic mass is 10.3. The van der Waals surface area contributed by atoms with E-state index in [1.807, 2.05) is 6.92 Å². The standard InChI is InChI=1S/C10H12Cl2O2/c1-7(6-13-2)14-10-5-8(11)3-4-9(10)12/h3-5,7H,6H2,1-2H3. The molecule has 0 spiro atoms. The second-order valence-corrected chi connectivity index (χ2v) is 3.80. The van der Waals surface area contributed by atoms with Gasteiger partial charge in [0.1, 0.15) is 11.9 Å². The van der Waals surface area contributed by atoms with Gasteiger partial charge in [-0.3, -0.25) is 0 Å². The van der Waals surface area contributed by atoms with Gasteiger partial charge in [-0.2, -0.15) is 0 Å². The summed E-state index contributed by atoms with van der Waals surface area (Å²) in [6.07, 6.45) is -0.0454. The first-order chi connectivity index (χ1) is 6.63. The Morgan fingerprint density at radius 2 is 2.07 bits per heavy atom. The highest BCUT2D eigenvalue weighted by Gasteiger charge is 2.07. The molecular formula is C10H12Cl2O2. The van der Waals surface area contributed by atoms with Gasteiger partial charge in [0.2, 0.25) is 0 Å². The van der Waals surface area contributed by atoms with Crippen LogP contribution in [0.5, 0.6) is 5.75 Å². The Morgan fingerprint density at radius 3 is 2.71 bits per heavy atom. The van der Waals surface area contributed by atoms with Crippen molar-refractivity contribution >= 4 is 23.2 Å². The zero-order chi connectivity index (χ0) is 10.6. The van der Waals surface area contributed by atoms with Crippen molar-refractivity contribution in [1.82, 2.24) is 0 Å². The van der Waals surface area contributed by atoms with Crippen LogP contribution in [-0.2, 0) is 4.74 Å². The van der Waals surface area contributed by atoms with Crippen molar-refractivity contribution in [1.29, 1.82) is 0 Å². The Kier molecular flexibility index (Phi) is 4.52. The molecule has 78 valence electrons. The first kappa shape index (κ1) is 11.6. The van der Waals surface area contributed by atoms with E-state index >= 15 is 0 Å². The van der Waals surface area contributed by atoms with E-state index in [2.05, 4.69) is 0 Å². The van der Waals surface area contributed by atoms with Crippen LogP contribution >= 0.6 is 23.2 Å². The van der Waals surface area contributed by atoms with Crippen LogP contribution in [0.1, 0.15) is 6.92 Å². The maximum atomic E-state index is 5.92. The van der Waals surface area contributed by atoms with Crippen LogP contribution in [0.4, 0.5) is 0 Å². The maximum absolute atomic E-state index is 5.92. The van der Waals surface area contributed by atoms with Gasteiger partial charge in [-0.05, 0) is 19.1 Å². The van der Waals surface area contributed by atoms with Gasteiger partial charge in [0, 0.05) is 18.2 Å². The summed E-state index contributed by atoms with van der Waals surface area (Å²) in [5.41, 5.74) is 0. The zero-order valence-electron chi connectivity index (χ0n) is 8.09. The number of methoxy groups -OCH3 is 1. The number of rotatable bonds is 4. The molecule has 1 rings (SSSR count). The van der Waals surface area contributed by atoms with Crippen molar-refractivity contribution in [2.24, 2.45) is 0 Å². The first-order valence-corrected chi connectivity index (χ1v) is 4.99. The topological polar surface area (TPSA) is 18.5 Å². The third-order valence-corrected chi connectivity index (χ3v) is 2.17. The number of hydrogen-bond acceptors (Lipinski definition) is 2. The normalized spacial score (nSPS) is 12.6. The molecule has 4 heteroatoms. The Balaban J connectivity index is 2.70. The predicted octanol–water partition coefficient (Wildman–Crippen LogP) is 3.41. The van der Waals surface area contributed by atoms with Gasteiger partial charge in [0.05, 0.1) is 11.6 Å². The van der Waals surface area contributed by atoms with E-state index in [4.69, 9.17) is 32.7 Å². The van der Waals surface area contributed by atoms with Gasteiger partial charge in [-0.15, -0.1) is 0 Å². The van der Waals surface area contributed by atoms with Crippen LogP contribution in [-0.4, -0.2) is 19.8 Å². The molecule has 1 aromatic carbocycles. The Labute approximate surface area is 93.7 Å². The second kappa shape index (κ2) is 5.44. The molecule has 0 saturated carbocycles. The minimum Gasteiger partial charge on any atom is -0.487 e. The number of halogens is 2. The van der Waals surface area contributed by atoms with E-state index in [0.29, 0.717) is 22.4 Å². The summed E-state index contributed by atoms with van der Waals surface area (Å²) in [6.45, 7) is 2.42. The largest absolute Gasteiger partial charge is 0.487 e. The van der Waals surface area contributed by atoms with E-state index in [9.17, 15) is 0 Å². The van der Waals surface area contributed by atoms with Crippen LogP contribution in [0.3, 0.4) is 0 Å². The zero-order valence-corrected chi connectivity index (χ0v) is 9.60. The molecule has 0 aliphatic carbocycles. The summed E-state index contributed by atoms with van der Waals surface area (Å²) in [5.74, 6) is 0.587. The van der Waals surface area contributed by atoms with Crippen LogP contribution < -0.4 is 4.74 Å². The summed E-state index contributed by atoms with van der Waals surface area (Å²) in [4.78, 5) is 0. The fraction of sp³-hybridized carbons (Fsp3) is 0.400. The van der Waals surface area contributed by atoms with Crippen molar-refractivity contribution < 1.29 is 9.47 Å². The second-order valence-electron chi connectivity index (χ2n) is 2.96. The van der Waals surface area contributed by atoms with Crippen LogP contribution in [0.2, 0.25) is 10.0 Å².